The maximum Gasteiger partial charge on any atom is 0.254 e. The average Bonchev–Trinajstić information content (AvgIpc) is 2.24. The second kappa shape index (κ2) is 5.64. The first-order valence-corrected chi connectivity index (χ1v) is 6.99. The molecule has 3 N–H and O–H groups in total. The van der Waals surface area contributed by atoms with E-state index in [0.29, 0.717) is 13.0 Å². The number of sulfonamides is 1. The zero-order valence-corrected chi connectivity index (χ0v) is 11.1. The van der Waals surface area contributed by atoms with Crippen LogP contribution < -0.4 is 10.5 Å². The van der Waals surface area contributed by atoms with Crippen molar-refractivity contribution in [2.24, 2.45) is 5.14 Å². The Morgan fingerprint density at radius 3 is 2.61 bits per heavy atom. The molecule has 0 spiro atoms. The lowest BCUT2D eigenvalue weighted by molar-refractivity contribution is 0.0949. The molecule has 0 fully saturated rings. The van der Waals surface area contributed by atoms with E-state index >= 15 is 0 Å². The monoisotopic (exact) mass is 294 g/mol. The Morgan fingerprint density at radius 1 is 1.50 bits per heavy atom. The van der Waals surface area contributed by atoms with Crippen molar-refractivity contribution in [1.82, 2.24) is 5.32 Å². The number of hydrogen-bond donors (Lipinski definition) is 2. The summed E-state index contributed by atoms with van der Waals surface area (Å²) >= 11 is 5.56. The maximum absolute atomic E-state index is 13.5. The number of halogens is 2. The Bertz CT molecular complexity index is 575. The van der Waals surface area contributed by atoms with E-state index in [0.717, 1.165) is 12.1 Å². The highest BCUT2D eigenvalue weighted by molar-refractivity contribution is 7.89. The molecule has 0 saturated heterocycles. The Hall–Kier alpha value is -1.18. The summed E-state index contributed by atoms with van der Waals surface area (Å²) in [5, 5.41) is 6.98. The van der Waals surface area contributed by atoms with Crippen LogP contribution in [0.3, 0.4) is 0 Å². The lowest BCUT2D eigenvalue weighted by Crippen LogP contribution is -2.25. The quantitative estimate of drug-likeness (QED) is 0.876. The van der Waals surface area contributed by atoms with E-state index in [1.807, 2.05) is 6.92 Å². The lowest BCUT2D eigenvalue weighted by Gasteiger charge is -2.08. The SMILES string of the molecule is CCCNC(=O)c1cc(S(N)(=O)=O)c(Cl)cc1F. The molecule has 0 unspecified atom stereocenters. The van der Waals surface area contributed by atoms with Crippen molar-refractivity contribution in [2.75, 3.05) is 6.54 Å². The summed E-state index contributed by atoms with van der Waals surface area (Å²) in [5.41, 5.74) is -0.406. The van der Waals surface area contributed by atoms with Crippen LogP contribution in [0.15, 0.2) is 17.0 Å². The van der Waals surface area contributed by atoms with Gasteiger partial charge in [0.25, 0.3) is 5.91 Å². The summed E-state index contributed by atoms with van der Waals surface area (Å²) < 4.78 is 35.9. The predicted molar refractivity (Wildman–Crippen MR) is 65.4 cm³/mol. The number of amides is 1. The molecule has 1 aromatic carbocycles. The molecule has 1 rings (SSSR count). The van der Waals surface area contributed by atoms with E-state index in [2.05, 4.69) is 5.32 Å². The van der Waals surface area contributed by atoms with Crippen LogP contribution in [-0.2, 0) is 10.0 Å². The number of nitrogens with two attached hydrogens (primary N) is 1. The van der Waals surface area contributed by atoms with Gasteiger partial charge in [-0.2, -0.15) is 0 Å². The number of hydrogen-bond acceptors (Lipinski definition) is 3. The van der Waals surface area contributed by atoms with Gasteiger partial charge >= 0.3 is 0 Å². The molecule has 8 heteroatoms. The van der Waals surface area contributed by atoms with Crippen LogP contribution in [0.25, 0.3) is 0 Å². The zero-order valence-electron chi connectivity index (χ0n) is 9.54. The average molecular weight is 295 g/mol. The van der Waals surface area contributed by atoms with Crippen LogP contribution in [0.4, 0.5) is 4.39 Å². The summed E-state index contributed by atoms with van der Waals surface area (Å²) in [4.78, 5) is 11.1. The molecule has 0 aromatic heterocycles. The van der Waals surface area contributed by atoms with Gasteiger partial charge in [0.2, 0.25) is 10.0 Å². The minimum absolute atomic E-state index is 0.353. The molecule has 18 heavy (non-hydrogen) atoms. The molecule has 0 aliphatic heterocycles. The lowest BCUT2D eigenvalue weighted by atomic mass is 10.2. The number of carbonyl (C=O) groups is 1. The van der Waals surface area contributed by atoms with Gasteiger partial charge in [-0.15, -0.1) is 0 Å². The Kier molecular flexibility index (Phi) is 4.66. The van der Waals surface area contributed by atoms with Gasteiger partial charge in [0.15, 0.2) is 0 Å². The minimum Gasteiger partial charge on any atom is -0.352 e. The van der Waals surface area contributed by atoms with Crippen LogP contribution in [0.2, 0.25) is 5.02 Å². The molecule has 1 amide bonds. The van der Waals surface area contributed by atoms with Gasteiger partial charge in [-0.1, -0.05) is 18.5 Å². The van der Waals surface area contributed by atoms with Crippen molar-refractivity contribution in [2.45, 2.75) is 18.2 Å². The maximum atomic E-state index is 13.5. The van der Waals surface area contributed by atoms with Crippen molar-refractivity contribution in [1.29, 1.82) is 0 Å². The van der Waals surface area contributed by atoms with Gasteiger partial charge in [0.05, 0.1) is 10.6 Å². The molecule has 0 radical (unpaired) electrons. The first-order chi connectivity index (χ1) is 8.27. The fourth-order valence-electron chi connectivity index (χ4n) is 1.25. The first kappa shape index (κ1) is 14.9. The van der Waals surface area contributed by atoms with Gasteiger partial charge in [-0.05, 0) is 18.6 Å². The highest BCUT2D eigenvalue weighted by Gasteiger charge is 2.20. The molecule has 0 bridgehead atoms. The largest absolute Gasteiger partial charge is 0.352 e. The zero-order chi connectivity index (χ0) is 13.9. The van der Waals surface area contributed by atoms with E-state index in [4.69, 9.17) is 16.7 Å². The standard InChI is InChI=1S/C10H12ClFN2O3S/c1-2-3-14-10(15)6-4-9(18(13,16)17)7(11)5-8(6)12/h4-5H,2-3H2,1H3,(H,14,15)(H2,13,16,17). The van der Waals surface area contributed by atoms with E-state index < -0.39 is 32.2 Å². The fourth-order valence-corrected chi connectivity index (χ4v) is 2.34. The van der Waals surface area contributed by atoms with Crippen molar-refractivity contribution >= 4 is 27.5 Å². The molecule has 1 aromatic rings. The third kappa shape index (κ3) is 3.41. The summed E-state index contributed by atoms with van der Waals surface area (Å²) in [6, 6.07) is 1.58. The van der Waals surface area contributed by atoms with E-state index in [-0.39, 0.29) is 5.02 Å². The normalized spacial score (nSPS) is 11.3. The van der Waals surface area contributed by atoms with Crippen LogP contribution in [0.5, 0.6) is 0 Å². The third-order valence-corrected chi connectivity index (χ3v) is 3.48. The van der Waals surface area contributed by atoms with Gasteiger partial charge in [0, 0.05) is 6.54 Å². The Balaban J connectivity index is 3.26. The molecule has 0 atom stereocenters. The Morgan fingerprint density at radius 2 is 2.11 bits per heavy atom. The molecule has 0 aliphatic rings. The van der Waals surface area contributed by atoms with Crippen molar-refractivity contribution in [3.63, 3.8) is 0 Å². The van der Waals surface area contributed by atoms with Crippen LogP contribution >= 0.6 is 11.6 Å². The summed E-state index contributed by atoms with van der Waals surface area (Å²) in [7, 11) is -4.11. The van der Waals surface area contributed by atoms with Gasteiger partial charge in [-0.3, -0.25) is 4.79 Å². The van der Waals surface area contributed by atoms with Crippen molar-refractivity contribution in [3.8, 4) is 0 Å². The summed E-state index contributed by atoms with van der Waals surface area (Å²) in [6.07, 6.45) is 0.670. The van der Waals surface area contributed by atoms with Crippen molar-refractivity contribution < 1.29 is 17.6 Å². The highest BCUT2D eigenvalue weighted by Crippen LogP contribution is 2.24. The number of nitrogens with one attached hydrogen (secondary N) is 1. The number of primary sulfonamides is 1. The molecule has 0 heterocycles. The first-order valence-electron chi connectivity index (χ1n) is 5.07. The second-order valence-corrected chi connectivity index (χ2v) is 5.50. The fraction of sp³-hybridized carbons (Fsp3) is 0.300. The minimum atomic E-state index is -4.11. The Labute approximate surface area is 109 Å². The molecule has 0 aliphatic carbocycles. The number of benzene rings is 1. The number of carbonyl (C=O) groups excluding carboxylic acids is 1. The van der Waals surface area contributed by atoms with Crippen LogP contribution in [-0.4, -0.2) is 20.9 Å². The summed E-state index contributed by atoms with van der Waals surface area (Å²) in [6.45, 7) is 2.18. The van der Waals surface area contributed by atoms with Gasteiger partial charge < -0.3 is 5.32 Å². The van der Waals surface area contributed by atoms with Crippen molar-refractivity contribution in [3.05, 3.63) is 28.5 Å². The van der Waals surface area contributed by atoms with E-state index in [1.165, 1.54) is 0 Å². The van der Waals surface area contributed by atoms with Gasteiger partial charge in [0.1, 0.15) is 10.7 Å². The second-order valence-electron chi connectivity index (χ2n) is 3.56. The predicted octanol–water partition coefficient (Wildman–Crippen LogP) is 1.27. The smallest absolute Gasteiger partial charge is 0.254 e. The van der Waals surface area contributed by atoms with E-state index in [1.54, 1.807) is 0 Å². The molecular formula is C10H12ClFN2O3S. The molecule has 0 saturated carbocycles. The topological polar surface area (TPSA) is 89.3 Å². The van der Waals surface area contributed by atoms with Crippen LogP contribution in [0, 0.1) is 5.82 Å². The number of rotatable bonds is 4. The highest BCUT2D eigenvalue weighted by atomic mass is 35.5. The molecule has 100 valence electrons. The summed E-state index contributed by atoms with van der Waals surface area (Å²) in [5.74, 6) is -1.61. The third-order valence-electron chi connectivity index (χ3n) is 2.11. The van der Waals surface area contributed by atoms with Crippen LogP contribution in [0.1, 0.15) is 23.7 Å². The van der Waals surface area contributed by atoms with Gasteiger partial charge in [-0.25, -0.2) is 17.9 Å². The molecular weight excluding hydrogens is 283 g/mol. The van der Waals surface area contributed by atoms with E-state index in [9.17, 15) is 17.6 Å². The molecule has 5 nitrogen and oxygen atoms in total.